The van der Waals surface area contributed by atoms with Gasteiger partial charge in [-0.3, -0.25) is 0 Å². The predicted octanol–water partition coefficient (Wildman–Crippen LogP) is 2.67. The number of rotatable bonds is 4. The van der Waals surface area contributed by atoms with Crippen LogP contribution in [-0.2, 0) is 6.54 Å². The van der Waals surface area contributed by atoms with Gasteiger partial charge in [0.15, 0.2) is 0 Å². The maximum Gasteiger partial charge on any atom is 0.222 e. The van der Waals surface area contributed by atoms with Crippen molar-refractivity contribution in [3.8, 4) is 0 Å². The topological polar surface area (TPSA) is 89.8 Å². The van der Waals surface area contributed by atoms with E-state index in [2.05, 4.69) is 15.3 Å². The van der Waals surface area contributed by atoms with Crippen LogP contribution in [0.2, 0.25) is 5.02 Å². The fraction of sp³-hybridized carbons (Fsp3) is 0.333. The summed E-state index contributed by atoms with van der Waals surface area (Å²) < 4.78 is 13.9. The fourth-order valence-corrected chi connectivity index (χ4v) is 2.75. The van der Waals surface area contributed by atoms with Gasteiger partial charge in [-0.2, -0.15) is 4.98 Å². The van der Waals surface area contributed by atoms with Gasteiger partial charge < -0.3 is 16.8 Å². The second kappa shape index (κ2) is 6.06. The summed E-state index contributed by atoms with van der Waals surface area (Å²) >= 11 is 5.77. The van der Waals surface area contributed by atoms with E-state index in [1.165, 1.54) is 6.07 Å². The van der Waals surface area contributed by atoms with E-state index in [1.54, 1.807) is 12.1 Å². The molecule has 0 radical (unpaired) electrons. The van der Waals surface area contributed by atoms with Crippen LogP contribution in [-0.4, -0.2) is 16.0 Å². The molecule has 1 aromatic heterocycles. The van der Waals surface area contributed by atoms with Crippen molar-refractivity contribution in [2.45, 2.75) is 31.3 Å². The van der Waals surface area contributed by atoms with Gasteiger partial charge in [0.05, 0.1) is 10.7 Å². The average Bonchev–Trinajstić information content (AvgIpc) is 2.45. The Bertz CT molecular complexity index is 688. The maximum absolute atomic E-state index is 13.9. The van der Waals surface area contributed by atoms with Gasteiger partial charge in [-0.1, -0.05) is 23.7 Å². The van der Waals surface area contributed by atoms with Gasteiger partial charge in [0.2, 0.25) is 5.95 Å². The summed E-state index contributed by atoms with van der Waals surface area (Å²) in [7, 11) is 0. The first-order valence-corrected chi connectivity index (χ1v) is 7.47. The molecule has 1 saturated carbocycles. The number of nitrogens with two attached hydrogens (primary N) is 2. The Hall–Kier alpha value is -1.92. The lowest BCUT2D eigenvalue weighted by Crippen LogP contribution is -2.35. The molecule has 1 aliphatic rings. The molecule has 0 bridgehead atoms. The van der Waals surface area contributed by atoms with Crippen molar-refractivity contribution < 1.29 is 4.39 Å². The molecule has 0 atom stereocenters. The van der Waals surface area contributed by atoms with E-state index in [9.17, 15) is 4.39 Å². The van der Waals surface area contributed by atoms with Crippen LogP contribution in [0.25, 0.3) is 0 Å². The van der Waals surface area contributed by atoms with E-state index in [1.807, 2.05) is 6.07 Å². The van der Waals surface area contributed by atoms with Crippen molar-refractivity contribution >= 4 is 23.4 Å². The minimum Gasteiger partial charge on any atom is -0.368 e. The summed E-state index contributed by atoms with van der Waals surface area (Å²) in [5, 5.41) is 3.17. The van der Waals surface area contributed by atoms with Gasteiger partial charge in [0, 0.05) is 30.1 Å². The molecule has 0 aliphatic heterocycles. The van der Waals surface area contributed by atoms with Crippen LogP contribution in [0.4, 0.5) is 16.2 Å². The number of anilines is 2. The van der Waals surface area contributed by atoms with Gasteiger partial charge in [-0.25, -0.2) is 9.37 Å². The standard InChI is InChI=1S/C15H17ClFN5/c16-11-3-1-2-8(14(11)17)7-20-13-6-12(21-15(19)22-13)9-4-10(18)5-9/h1-3,6,9-10H,4-5,7,18H2,(H3,19,20,21,22). The Morgan fingerprint density at radius 2 is 2.09 bits per heavy atom. The highest BCUT2D eigenvalue weighted by Crippen LogP contribution is 2.35. The van der Waals surface area contributed by atoms with Gasteiger partial charge in [0.1, 0.15) is 11.6 Å². The number of nitrogens with zero attached hydrogens (tertiary/aromatic N) is 2. The Balaban J connectivity index is 1.73. The Morgan fingerprint density at radius 3 is 2.82 bits per heavy atom. The zero-order valence-electron chi connectivity index (χ0n) is 11.9. The number of halogens is 2. The molecular weight excluding hydrogens is 305 g/mol. The summed E-state index contributed by atoms with van der Waals surface area (Å²) in [6, 6.07) is 6.97. The van der Waals surface area contributed by atoms with Crippen LogP contribution in [0.1, 0.15) is 30.0 Å². The van der Waals surface area contributed by atoms with E-state index < -0.39 is 5.82 Å². The molecule has 1 fully saturated rings. The van der Waals surface area contributed by atoms with E-state index in [-0.39, 0.29) is 23.6 Å². The van der Waals surface area contributed by atoms with Crippen molar-refractivity contribution in [1.29, 1.82) is 0 Å². The first kappa shape index (κ1) is 15.0. The third kappa shape index (κ3) is 3.13. The second-order valence-electron chi connectivity index (χ2n) is 5.53. The largest absolute Gasteiger partial charge is 0.368 e. The van der Waals surface area contributed by atoms with Crippen molar-refractivity contribution in [3.63, 3.8) is 0 Å². The molecule has 22 heavy (non-hydrogen) atoms. The minimum absolute atomic E-state index is 0.102. The molecule has 5 nitrogen and oxygen atoms in total. The number of hydrogen-bond acceptors (Lipinski definition) is 5. The van der Waals surface area contributed by atoms with Gasteiger partial charge >= 0.3 is 0 Å². The zero-order chi connectivity index (χ0) is 15.7. The Labute approximate surface area is 132 Å². The molecule has 3 rings (SSSR count). The van der Waals surface area contributed by atoms with Gasteiger partial charge in [-0.05, 0) is 18.9 Å². The molecule has 2 aromatic rings. The lowest BCUT2D eigenvalue weighted by molar-refractivity contribution is 0.345. The summed E-state index contributed by atoms with van der Waals surface area (Å²) in [6.45, 7) is 0.270. The molecule has 0 spiro atoms. The molecule has 0 saturated heterocycles. The van der Waals surface area contributed by atoms with Gasteiger partial charge in [-0.15, -0.1) is 0 Å². The van der Waals surface area contributed by atoms with E-state index in [0.717, 1.165) is 18.5 Å². The van der Waals surface area contributed by atoms with Crippen LogP contribution in [0.3, 0.4) is 0 Å². The van der Waals surface area contributed by atoms with E-state index in [0.29, 0.717) is 17.3 Å². The van der Waals surface area contributed by atoms with Crippen LogP contribution in [0.5, 0.6) is 0 Å². The summed E-state index contributed by atoms with van der Waals surface area (Å²) in [4.78, 5) is 8.38. The van der Waals surface area contributed by atoms with Gasteiger partial charge in [0.25, 0.3) is 0 Å². The van der Waals surface area contributed by atoms with Crippen molar-refractivity contribution in [2.24, 2.45) is 5.73 Å². The molecular formula is C15H17ClFN5. The van der Waals surface area contributed by atoms with Crippen LogP contribution in [0, 0.1) is 5.82 Å². The minimum atomic E-state index is -0.427. The Morgan fingerprint density at radius 1 is 1.32 bits per heavy atom. The predicted molar refractivity (Wildman–Crippen MR) is 85.1 cm³/mol. The summed E-state index contributed by atoms with van der Waals surface area (Å²) in [6.07, 6.45) is 1.80. The number of hydrogen-bond donors (Lipinski definition) is 3. The first-order valence-electron chi connectivity index (χ1n) is 7.09. The number of benzene rings is 1. The molecule has 0 amide bonds. The summed E-state index contributed by atoms with van der Waals surface area (Å²) in [5.74, 6) is 0.669. The third-order valence-electron chi connectivity index (χ3n) is 3.85. The number of nitrogens with one attached hydrogen (secondary N) is 1. The molecule has 1 heterocycles. The van der Waals surface area contributed by atoms with E-state index in [4.69, 9.17) is 23.1 Å². The normalized spacial score (nSPS) is 20.5. The van der Waals surface area contributed by atoms with Crippen molar-refractivity contribution in [3.05, 3.63) is 46.4 Å². The highest BCUT2D eigenvalue weighted by Gasteiger charge is 2.29. The van der Waals surface area contributed by atoms with Crippen LogP contribution in [0.15, 0.2) is 24.3 Å². The quantitative estimate of drug-likeness (QED) is 0.805. The van der Waals surface area contributed by atoms with Crippen LogP contribution >= 0.6 is 11.6 Å². The SMILES string of the molecule is Nc1nc(NCc2cccc(Cl)c2F)cc(C2CC(N)C2)n1. The molecule has 116 valence electrons. The maximum atomic E-state index is 13.9. The lowest BCUT2D eigenvalue weighted by atomic mass is 9.78. The molecule has 7 heteroatoms. The highest BCUT2D eigenvalue weighted by molar-refractivity contribution is 6.30. The fourth-order valence-electron chi connectivity index (χ4n) is 2.56. The lowest BCUT2D eigenvalue weighted by Gasteiger charge is -2.32. The molecule has 1 aliphatic carbocycles. The van der Waals surface area contributed by atoms with E-state index >= 15 is 0 Å². The molecule has 1 aromatic carbocycles. The number of aromatic nitrogens is 2. The van der Waals surface area contributed by atoms with Crippen LogP contribution < -0.4 is 16.8 Å². The molecule has 0 unspecified atom stereocenters. The zero-order valence-corrected chi connectivity index (χ0v) is 12.6. The van der Waals surface area contributed by atoms with Crippen molar-refractivity contribution in [1.82, 2.24) is 9.97 Å². The Kier molecular flexibility index (Phi) is 4.13. The summed E-state index contributed by atoms with van der Waals surface area (Å²) in [5.41, 5.74) is 12.9. The second-order valence-corrected chi connectivity index (χ2v) is 5.94. The monoisotopic (exact) mass is 321 g/mol. The highest BCUT2D eigenvalue weighted by atomic mass is 35.5. The van der Waals surface area contributed by atoms with Crippen molar-refractivity contribution in [2.75, 3.05) is 11.1 Å². The average molecular weight is 322 g/mol. The molecule has 5 N–H and O–H groups in total. The first-order chi connectivity index (χ1) is 10.5. The smallest absolute Gasteiger partial charge is 0.222 e. The number of nitrogen functional groups attached to an aromatic ring is 1. The third-order valence-corrected chi connectivity index (χ3v) is 4.14.